The van der Waals surface area contributed by atoms with Gasteiger partial charge in [0.05, 0.1) is 38.1 Å². The van der Waals surface area contributed by atoms with Crippen LogP contribution < -0.4 is 0 Å². The van der Waals surface area contributed by atoms with Crippen molar-refractivity contribution in [3.05, 3.63) is 118 Å². The van der Waals surface area contributed by atoms with Gasteiger partial charge in [-0.05, 0) is 42.3 Å². The predicted octanol–water partition coefficient (Wildman–Crippen LogP) is 6.67. The van der Waals surface area contributed by atoms with E-state index in [-0.39, 0.29) is 11.5 Å². The van der Waals surface area contributed by atoms with Gasteiger partial charge in [0.25, 0.3) is 0 Å². The summed E-state index contributed by atoms with van der Waals surface area (Å²) in [6.45, 7) is 4.88. The summed E-state index contributed by atoms with van der Waals surface area (Å²) in [4.78, 5) is 3.10. The molecule has 10 nitrogen and oxygen atoms in total. The van der Waals surface area contributed by atoms with E-state index in [0.29, 0.717) is 19.8 Å². The molecule has 0 aromatic heterocycles. The van der Waals surface area contributed by atoms with Gasteiger partial charge in [-0.2, -0.15) is 0 Å². The summed E-state index contributed by atoms with van der Waals surface area (Å²) in [6.07, 6.45) is -2.69. The van der Waals surface area contributed by atoms with E-state index in [4.69, 9.17) is 33.2 Å². The lowest BCUT2D eigenvalue weighted by molar-refractivity contribution is -0.332. The first kappa shape index (κ1) is 34.4. The van der Waals surface area contributed by atoms with Gasteiger partial charge in [0, 0.05) is 12.0 Å². The van der Waals surface area contributed by atoms with Gasteiger partial charge in [0.15, 0.2) is 6.29 Å². The zero-order chi connectivity index (χ0) is 32.3. The number of nitrogens with zero attached hydrogens (tertiary/aromatic N) is 3. The third-order valence-corrected chi connectivity index (χ3v) is 9.17. The first-order valence-electron chi connectivity index (χ1n) is 15.5. The minimum Gasteiger partial charge on any atom is -0.373 e. The summed E-state index contributed by atoms with van der Waals surface area (Å²) in [5, 5.41) is 4.05. The predicted molar refractivity (Wildman–Crippen MR) is 176 cm³/mol. The van der Waals surface area contributed by atoms with Gasteiger partial charge in [0.2, 0.25) is 0 Å². The van der Waals surface area contributed by atoms with Gasteiger partial charge in [-0.3, -0.25) is 0 Å². The molecule has 0 radical (unpaired) electrons. The second-order valence-electron chi connectivity index (χ2n) is 11.4. The van der Waals surface area contributed by atoms with Crippen LogP contribution in [0, 0.1) is 0 Å². The number of methoxy groups -OCH3 is 1. The van der Waals surface area contributed by atoms with Crippen LogP contribution >= 0.6 is 11.8 Å². The Morgan fingerprint density at radius 3 is 1.65 bits per heavy atom. The molecule has 3 aromatic carbocycles. The summed E-state index contributed by atoms with van der Waals surface area (Å²) >= 11 is 1.56. The fourth-order valence-corrected chi connectivity index (χ4v) is 6.72. The summed E-state index contributed by atoms with van der Waals surface area (Å²) in [6, 6.07) is 29.2. The topological polar surface area (TPSA) is 113 Å². The molecule has 2 aliphatic heterocycles. The van der Waals surface area contributed by atoms with Crippen molar-refractivity contribution in [1.29, 1.82) is 0 Å². The van der Waals surface area contributed by atoms with Crippen LogP contribution in [0.2, 0.25) is 0 Å². The number of azide groups is 1. The Bertz CT molecular complexity index is 1370. The average molecular weight is 650 g/mol. The minimum atomic E-state index is -0.880. The first-order valence-corrected chi connectivity index (χ1v) is 16.8. The van der Waals surface area contributed by atoms with Crippen LogP contribution in [0.4, 0.5) is 0 Å². The maximum atomic E-state index is 9.41. The van der Waals surface area contributed by atoms with E-state index in [1.54, 1.807) is 18.9 Å². The highest BCUT2D eigenvalue weighted by molar-refractivity contribution is 7.99. The Balaban J connectivity index is 1.43. The van der Waals surface area contributed by atoms with E-state index in [1.165, 1.54) is 0 Å². The molecular weight excluding hydrogens is 606 g/mol. The Hall–Kier alpha value is -2.96. The molecule has 0 saturated carbocycles. The number of benzene rings is 3. The van der Waals surface area contributed by atoms with E-state index in [1.807, 2.05) is 111 Å². The van der Waals surface area contributed by atoms with Gasteiger partial charge in [-0.15, -0.1) is 11.8 Å². The Morgan fingerprint density at radius 2 is 1.17 bits per heavy atom. The van der Waals surface area contributed by atoms with E-state index in [9.17, 15) is 5.53 Å². The quantitative estimate of drug-likeness (QED) is 0.108. The van der Waals surface area contributed by atoms with E-state index >= 15 is 0 Å². The van der Waals surface area contributed by atoms with Crippen molar-refractivity contribution in [2.24, 2.45) is 5.11 Å². The van der Waals surface area contributed by atoms with Crippen LogP contribution in [0.15, 0.2) is 96.1 Å². The van der Waals surface area contributed by atoms with E-state index < -0.39 is 49.0 Å². The summed E-state index contributed by atoms with van der Waals surface area (Å²) in [7, 11) is 1.58. The summed E-state index contributed by atoms with van der Waals surface area (Å²) < 4.78 is 45.4. The standard InChI is InChI=1S/C35H43N3O7S/c1-23-28(37-38-36)30(41-21-26-16-10-6-11-17-26)32(39-3)34(43-23)45-31-29(40-20-25-14-8-5-9-15-25)24(2)44-35(46-4)33(31)42-22-27-18-12-7-13-19-27/h5-19,23-24,28-35H,20-22H2,1-4H3/t23?,24?,28-,29+,30?,31?,32?,33?,34+,35+/m1/s1. The molecule has 5 rings (SSSR count). The molecule has 0 aliphatic carbocycles. The largest absolute Gasteiger partial charge is 0.373 e. The van der Waals surface area contributed by atoms with Crippen molar-refractivity contribution in [3.63, 3.8) is 0 Å². The highest BCUT2D eigenvalue weighted by Gasteiger charge is 2.52. The second-order valence-corrected chi connectivity index (χ2v) is 12.4. The van der Waals surface area contributed by atoms with E-state index in [0.717, 1.165) is 16.7 Å². The van der Waals surface area contributed by atoms with Crippen molar-refractivity contribution in [1.82, 2.24) is 0 Å². The van der Waals surface area contributed by atoms with Gasteiger partial charge in [0.1, 0.15) is 36.0 Å². The third-order valence-electron chi connectivity index (χ3n) is 8.32. The molecule has 2 heterocycles. The Labute approximate surface area is 275 Å². The average Bonchev–Trinajstić information content (AvgIpc) is 3.09. The number of hydrogen-bond acceptors (Lipinski definition) is 9. The van der Waals surface area contributed by atoms with Crippen LogP contribution in [0.1, 0.15) is 30.5 Å². The molecule has 0 spiro atoms. The van der Waals surface area contributed by atoms with E-state index in [2.05, 4.69) is 10.0 Å². The van der Waals surface area contributed by atoms with Crippen molar-refractivity contribution >= 4 is 11.8 Å². The highest BCUT2D eigenvalue weighted by atomic mass is 32.2. The molecule has 0 N–H and O–H groups in total. The molecule has 6 unspecified atom stereocenters. The van der Waals surface area contributed by atoms with Crippen LogP contribution in [-0.4, -0.2) is 73.9 Å². The second kappa shape index (κ2) is 17.3. The van der Waals surface area contributed by atoms with Crippen molar-refractivity contribution in [3.8, 4) is 0 Å². The molecular formula is C35H43N3O7S. The Kier molecular flexibility index (Phi) is 12.9. The first-order chi connectivity index (χ1) is 22.5. The van der Waals surface area contributed by atoms with Crippen LogP contribution in [0.5, 0.6) is 0 Å². The molecule has 246 valence electrons. The van der Waals surface area contributed by atoms with Crippen molar-refractivity contribution in [2.45, 2.75) is 94.2 Å². The minimum absolute atomic E-state index is 0.302. The monoisotopic (exact) mass is 649 g/mol. The van der Waals surface area contributed by atoms with Crippen LogP contribution in [0.3, 0.4) is 0 Å². The molecule has 0 amide bonds. The van der Waals surface area contributed by atoms with Gasteiger partial charge < -0.3 is 33.2 Å². The van der Waals surface area contributed by atoms with Crippen molar-refractivity contribution < 1.29 is 33.2 Å². The lowest BCUT2D eigenvalue weighted by Crippen LogP contribution is -2.63. The molecule has 2 saturated heterocycles. The Morgan fingerprint density at radius 1 is 0.674 bits per heavy atom. The molecule has 0 bridgehead atoms. The molecule has 46 heavy (non-hydrogen) atoms. The smallest absolute Gasteiger partial charge is 0.187 e. The third kappa shape index (κ3) is 8.68. The van der Waals surface area contributed by atoms with Crippen LogP contribution in [-0.2, 0) is 53.0 Å². The number of rotatable bonds is 14. The lowest BCUT2D eigenvalue weighted by Gasteiger charge is -2.49. The highest BCUT2D eigenvalue weighted by Crippen LogP contribution is 2.37. The summed E-state index contributed by atoms with van der Waals surface area (Å²) in [5.41, 5.74) is 12.1. The maximum Gasteiger partial charge on any atom is 0.187 e. The van der Waals surface area contributed by atoms with Gasteiger partial charge in [-0.25, -0.2) is 0 Å². The van der Waals surface area contributed by atoms with Crippen LogP contribution in [0.25, 0.3) is 10.4 Å². The SMILES string of the molecule is COC1C(OCc2ccccc2)[C@H](N=[N+]=[N-])C(C)O[C@H]1OC1C(OCc2ccccc2)[C@H](SC)OC(C)[C@@H]1OCc1ccccc1. The molecule has 2 fully saturated rings. The summed E-state index contributed by atoms with van der Waals surface area (Å²) in [5.74, 6) is 0. The molecule has 3 aromatic rings. The fourth-order valence-electron chi connectivity index (χ4n) is 5.93. The molecule has 2 aliphatic rings. The van der Waals surface area contributed by atoms with Gasteiger partial charge in [-0.1, -0.05) is 96.1 Å². The van der Waals surface area contributed by atoms with Crippen molar-refractivity contribution in [2.75, 3.05) is 13.4 Å². The number of ether oxygens (including phenoxy) is 7. The maximum absolute atomic E-state index is 9.41. The zero-order valence-corrected chi connectivity index (χ0v) is 27.5. The fraction of sp³-hybridized carbons (Fsp3) is 0.486. The zero-order valence-electron chi connectivity index (χ0n) is 26.7. The molecule has 10 atom stereocenters. The molecule has 11 heteroatoms. The number of thioether (sulfide) groups is 1. The lowest BCUT2D eigenvalue weighted by atomic mass is 9.96. The van der Waals surface area contributed by atoms with Gasteiger partial charge >= 0.3 is 0 Å². The normalized spacial score (nSPS) is 31.2. The number of hydrogen-bond donors (Lipinski definition) is 0.